The second kappa shape index (κ2) is 6.35. The molecule has 116 valence electrons. The zero-order chi connectivity index (χ0) is 16.3. The van der Waals surface area contributed by atoms with Crippen molar-refractivity contribution >= 4 is 11.6 Å². The molecule has 0 N–H and O–H groups in total. The predicted molar refractivity (Wildman–Crippen MR) is 93.5 cm³/mol. The first kappa shape index (κ1) is 16.3. The van der Waals surface area contributed by atoms with Gasteiger partial charge in [-0.1, -0.05) is 45.0 Å². The highest BCUT2D eigenvalue weighted by Crippen LogP contribution is 2.22. The zero-order valence-corrected chi connectivity index (χ0v) is 14.2. The van der Waals surface area contributed by atoms with Crippen molar-refractivity contribution in [2.45, 2.75) is 34.1 Å². The van der Waals surface area contributed by atoms with E-state index in [4.69, 9.17) is 0 Å². The monoisotopic (exact) mass is 295 g/mol. The van der Waals surface area contributed by atoms with E-state index in [2.05, 4.69) is 26.8 Å². The molecule has 2 rings (SSSR count). The van der Waals surface area contributed by atoms with Crippen LogP contribution in [0.25, 0.3) is 0 Å². The fourth-order valence-corrected chi connectivity index (χ4v) is 2.57. The molecule has 1 amide bonds. The minimum absolute atomic E-state index is 0.0290. The van der Waals surface area contributed by atoms with Crippen LogP contribution in [-0.4, -0.2) is 13.0 Å². The Labute approximate surface area is 133 Å². The smallest absolute Gasteiger partial charge is 0.258 e. The topological polar surface area (TPSA) is 20.3 Å². The Kier molecular flexibility index (Phi) is 4.70. The maximum absolute atomic E-state index is 12.7. The summed E-state index contributed by atoms with van der Waals surface area (Å²) >= 11 is 0. The van der Waals surface area contributed by atoms with Crippen LogP contribution >= 0.6 is 0 Å². The molecule has 2 heteroatoms. The lowest BCUT2D eigenvalue weighted by atomic mass is 9.87. The summed E-state index contributed by atoms with van der Waals surface area (Å²) in [5.74, 6) is 0.0290. The van der Waals surface area contributed by atoms with Gasteiger partial charge in [0.1, 0.15) is 0 Å². The van der Waals surface area contributed by atoms with E-state index >= 15 is 0 Å². The Morgan fingerprint density at radius 2 is 1.73 bits per heavy atom. The van der Waals surface area contributed by atoms with E-state index in [1.54, 1.807) is 4.90 Å². The molecule has 0 bridgehead atoms. The number of hydrogen-bond donors (Lipinski definition) is 0. The predicted octanol–water partition coefficient (Wildman–Crippen LogP) is 4.86. The van der Waals surface area contributed by atoms with Gasteiger partial charge in [-0.15, -0.1) is 0 Å². The third kappa shape index (κ3) is 4.20. The van der Waals surface area contributed by atoms with E-state index in [1.165, 1.54) is 5.56 Å². The van der Waals surface area contributed by atoms with Gasteiger partial charge in [0.15, 0.2) is 0 Å². The molecule has 0 spiro atoms. The normalized spacial score (nSPS) is 11.3. The number of carbonyl (C=O) groups excluding carboxylic acids is 1. The van der Waals surface area contributed by atoms with E-state index in [-0.39, 0.29) is 11.3 Å². The standard InChI is InChI=1S/C20H25NO/c1-15-8-6-11-18(12-15)21(5)19(22)17-10-7-9-16(13-17)14-20(2,3)4/h6-13H,14H2,1-5H3. The van der Waals surface area contributed by atoms with Crippen LogP contribution in [0.3, 0.4) is 0 Å². The molecule has 2 nitrogen and oxygen atoms in total. The third-order valence-electron chi connectivity index (χ3n) is 3.60. The number of nitrogens with zero attached hydrogens (tertiary/aromatic N) is 1. The first-order valence-electron chi connectivity index (χ1n) is 7.70. The second-order valence-electron chi connectivity index (χ2n) is 7.14. The van der Waals surface area contributed by atoms with E-state index in [0.29, 0.717) is 0 Å². The highest BCUT2D eigenvalue weighted by molar-refractivity contribution is 6.05. The molecule has 0 aromatic heterocycles. The molecule has 22 heavy (non-hydrogen) atoms. The zero-order valence-electron chi connectivity index (χ0n) is 14.2. The minimum atomic E-state index is 0.0290. The fourth-order valence-electron chi connectivity index (χ4n) is 2.57. The molecule has 0 radical (unpaired) electrons. The average Bonchev–Trinajstić information content (AvgIpc) is 2.44. The highest BCUT2D eigenvalue weighted by atomic mass is 16.2. The first-order chi connectivity index (χ1) is 10.3. The molecule has 0 aliphatic heterocycles. The Bertz CT molecular complexity index is 667. The lowest BCUT2D eigenvalue weighted by molar-refractivity contribution is 0.0993. The summed E-state index contributed by atoms with van der Waals surface area (Å²) in [4.78, 5) is 14.4. The van der Waals surface area contributed by atoms with Gasteiger partial charge in [0.2, 0.25) is 0 Å². The summed E-state index contributed by atoms with van der Waals surface area (Å²) in [6.45, 7) is 8.66. The van der Waals surface area contributed by atoms with Crippen molar-refractivity contribution in [1.29, 1.82) is 0 Å². The van der Waals surface area contributed by atoms with Crippen molar-refractivity contribution in [3.8, 4) is 0 Å². The Morgan fingerprint density at radius 1 is 1.05 bits per heavy atom. The van der Waals surface area contributed by atoms with Crippen LogP contribution in [0.1, 0.15) is 42.3 Å². The summed E-state index contributed by atoms with van der Waals surface area (Å²) in [6, 6.07) is 16.0. The number of benzene rings is 2. The molecule has 2 aromatic carbocycles. The molecule has 0 unspecified atom stereocenters. The molecule has 0 saturated heterocycles. The Balaban J connectivity index is 2.24. The van der Waals surface area contributed by atoms with Gasteiger partial charge in [0.25, 0.3) is 5.91 Å². The number of rotatable bonds is 3. The molecule has 2 aromatic rings. The fraction of sp³-hybridized carbons (Fsp3) is 0.350. The Hall–Kier alpha value is -2.09. The van der Waals surface area contributed by atoms with Crippen LogP contribution in [0.4, 0.5) is 5.69 Å². The van der Waals surface area contributed by atoms with E-state index in [9.17, 15) is 4.79 Å². The van der Waals surface area contributed by atoms with Crippen molar-refractivity contribution in [3.05, 3.63) is 65.2 Å². The number of aryl methyl sites for hydroxylation is 1. The highest BCUT2D eigenvalue weighted by Gasteiger charge is 2.16. The summed E-state index contributed by atoms with van der Waals surface area (Å²) in [6.07, 6.45) is 0.961. The average molecular weight is 295 g/mol. The first-order valence-corrected chi connectivity index (χ1v) is 7.70. The van der Waals surface area contributed by atoms with Crippen molar-refractivity contribution in [1.82, 2.24) is 0 Å². The molecule has 0 heterocycles. The molecule has 0 atom stereocenters. The third-order valence-corrected chi connectivity index (χ3v) is 3.60. The van der Waals surface area contributed by atoms with Crippen molar-refractivity contribution in [3.63, 3.8) is 0 Å². The molecular weight excluding hydrogens is 270 g/mol. The summed E-state index contributed by atoms with van der Waals surface area (Å²) < 4.78 is 0. The lowest BCUT2D eigenvalue weighted by Gasteiger charge is -2.20. The van der Waals surface area contributed by atoms with E-state index in [1.807, 2.05) is 56.4 Å². The largest absolute Gasteiger partial charge is 0.311 e. The van der Waals surface area contributed by atoms with Crippen molar-refractivity contribution in [2.75, 3.05) is 11.9 Å². The van der Waals surface area contributed by atoms with Gasteiger partial charge in [0, 0.05) is 18.3 Å². The number of anilines is 1. The van der Waals surface area contributed by atoms with Crippen LogP contribution in [0.2, 0.25) is 0 Å². The van der Waals surface area contributed by atoms with Gasteiger partial charge in [-0.05, 0) is 54.2 Å². The maximum atomic E-state index is 12.7. The SMILES string of the molecule is Cc1cccc(N(C)C(=O)c2cccc(CC(C)(C)C)c2)c1. The summed E-state index contributed by atoms with van der Waals surface area (Å²) in [5.41, 5.74) is 4.23. The van der Waals surface area contributed by atoms with Gasteiger partial charge in [-0.25, -0.2) is 0 Å². The summed E-state index contributed by atoms with van der Waals surface area (Å²) in [5, 5.41) is 0. The molecular formula is C20H25NO. The lowest BCUT2D eigenvalue weighted by Crippen LogP contribution is -2.26. The minimum Gasteiger partial charge on any atom is -0.311 e. The molecule has 0 saturated carbocycles. The van der Waals surface area contributed by atoms with Crippen molar-refractivity contribution < 1.29 is 4.79 Å². The van der Waals surface area contributed by atoms with Crippen molar-refractivity contribution in [2.24, 2.45) is 5.41 Å². The maximum Gasteiger partial charge on any atom is 0.258 e. The number of carbonyl (C=O) groups is 1. The van der Waals surface area contributed by atoms with Gasteiger partial charge in [0.05, 0.1) is 0 Å². The van der Waals surface area contributed by atoms with Crippen LogP contribution in [0, 0.1) is 12.3 Å². The molecule has 0 aliphatic rings. The van der Waals surface area contributed by atoms with Gasteiger partial charge < -0.3 is 4.90 Å². The van der Waals surface area contributed by atoms with Crippen LogP contribution in [0.15, 0.2) is 48.5 Å². The van der Waals surface area contributed by atoms with Crippen LogP contribution in [0.5, 0.6) is 0 Å². The second-order valence-corrected chi connectivity index (χ2v) is 7.14. The Morgan fingerprint density at radius 3 is 2.36 bits per heavy atom. The van der Waals surface area contributed by atoms with Crippen LogP contribution < -0.4 is 4.90 Å². The van der Waals surface area contributed by atoms with Gasteiger partial charge >= 0.3 is 0 Å². The summed E-state index contributed by atoms with van der Waals surface area (Å²) in [7, 11) is 1.83. The van der Waals surface area contributed by atoms with E-state index < -0.39 is 0 Å². The van der Waals surface area contributed by atoms with Gasteiger partial charge in [-0.2, -0.15) is 0 Å². The van der Waals surface area contributed by atoms with E-state index in [0.717, 1.165) is 23.2 Å². The number of hydrogen-bond acceptors (Lipinski definition) is 1. The molecule has 0 aliphatic carbocycles. The van der Waals surface area contributed by atoms with Crippen LogP contribution in [-0.2, 0) is 6.42 Å². The molecule has 0 fully saturated rings. The van der Waals surface area contributed by atoms with Gasteiger partial charge in [-0.3, -0.25) is 4.79 Å². The quantitative estimate of drug-likeness (QED) is 0.792. The number of amides is 1.